The van der Waals surface area contributed by atoms with Crippen LogP contribution in [0.4, 0.5) is 15.9 Å². The van der Waals surface area contributed by atoms with E-state index in [0.29, 0.717) is 11.5 Å². The van der Waals surface area contributed by atoms with Crippen LogP contribution in [-0.4, -0.2) is 23.2 Å². The van der Waals surface area contributed by atoms with Crippen molar-refractivity contribution in [2.45, 2.75) is 11.8 Å². The number of pyridine rings is 1. The number of aromatic nitrogens is 3. The summed E-state index contributed by atoms with van der Waals surface area (Å²) < 4.78 is 37.8. The SMILES string of the molecule is Cc1cc(-c2ccnc(Nc3ccc(S(N)(=O)=O)cc3)c2)n(-c2ccc(F)cc2)n1. The van der Waals surface area contributed by atoms with Crippen molar-refractivity contribution in [1.29, 1.82) is 0 Å². The smallest absolute Gasteiger partial charge is 0.238 e. The first kappa shape index (κ1) is 19.7. The van der Waals surface area contributed by atoms with Gasteiger partial charge in [-0.15, -0.1) is 0 Å². The van der Waals surface area contributed by atoms with Gasteiger partial charge in [0.05, 0.1) is 22.0 Å². The molecule has 2 aromatic carbocycles. The Balaban J connectivity index is 1.65. The fourth-order valence-electron chi connectivity index (χ4n) is 3.02. The molecule has 0 aliphatic rings. The number of sulfonamides is 1. The van der Waals surface area contributed by atoms with Gasteiger partial charge >= 0.3 is 0 Å². The van der Waals surface area contributed by atoms with Crippen LogP contribution in [0.3, 0.4) is 0 Å². The van der Waals surface area contributed by atoms with Gasteiger partial charge in [-0.05, 0) is 73.7 Å². The quantitative estimate of drug-likeness (QED) is 0.509. The minimum absolute atomic E-state index is 0.0356. The van der Waals surface area contributed by atoms with E-state index in [2.05, 4.69) is 15.4 Å². The molecule has 2 aromatic heterocycles. The maximum atomic E-state index is 13.3. The molecular weight excluding hydrogens is 405 g/mol. The molecule has 0 spiro atoms. The zero-order valence-electron chi connectivity index (χ0n) is 15.9. The molecular formula is C21H18FN5O2S. The Hall–Kier alpha value is -3.56. The molecule has 9 heteroatoms. The van der Waals surface area contributed by atoms with Crippen LogP contribution in [0.15, 0.2) is 77.8 Å². The molecule has 4 rings (SSSR count). The van der Waals surface area contributed by atoms with Gasteiger partial charge < -0.3 is 5.32 Å². The highest BCUT2D eigenvalue weighted by atomic mass is 32.2. The number of hydrogen-bond acceptors (Lipinski definition) is 5. The molecule has 0 radical (unpaired) electrons. The van der Waals surface area contributed by atoms with Crippen molar-refractivity contribution in [3.05, 3.63) is 84.4 Å². The van der Waals surface area contributed by atoms with Gasteiger partial charge in [0.25, 0.3) is 0 Å². The predicted octanol–water partition coefficient (Wildman–Crippen LogP) is 3.77. The van der Waals surface area contributed by atoms with Gasteiger partial charge in [0.2, 0.25) is 10.0 Å². The molecule has 0 atom stereocenters. The average molecular weight is 423 g/mol. The molecule has 0 unspecified atom stereocenters. The van der Waals surface area contributed by atoms with Gasteiger partial charge in [0, 0.05) is 17.4 Å². The predicted molar refractivity (Wildman–Crippen MR) is 113 cm³/mol. The molecule has 0 bridgehead atoms. The summed E-state index contributed by atoms with van der Waals surface area (Å²) in [6, 6.07) is 17.8. The highest BCUT2D eigenvalue weighted by Crippen LogP contribution is 2.27. The third kappa shape index (κ3) is 4.22. The number of hydrogen-bond donors (Lipinski definition) is 2. The maximum absolute atomic E-state index is 13.3. The largest absolute Gasteiger partial charge is 0.340 e. The lowest BCUT2D eigenvalue weighted by atomic mass is 10.1. The highest BCUT2D eigenvalue weighted by Gasteiger charge is 2.12. The van der Waals surface area contributed by atoms with E-state index in [1.807, 2.05) is 25.1 Å². The lowest BCUT2D eigenvalue weighted by Gasteiger charge is -2.10. The molecule has 7 nitrogen and oxygen atoms in total. The lowest BCUT2D eigenvalue weighted by Crippen LogP contribution is -2.11. The fraction of sp³-hybridized carbons (Fsp3) is 0.0476. The van der Waals surface area contributed by atoms with Crippen molar-refractivity contribution in [2.75, 3.05) is 5.32 Å². The highest BCUT2D eigenvalue weighted by molar-refractivity contribution is 7.89. The summed E-state index contributed by atoms with van der Waals surface area (Å²) in [5.41, 5.74) is 3.91. The number of halogens is 1. The zero-order valence-corrected chi connectivity index (χ0v) is 16.8. The topological polar surface area (TPSA) is 103 Å². The van der Waals surface area contributed by atoms with Crippen molar-refractivity contribution in [3.63, 3.8) is 0 Å². The first-order chi connectivity index (χ1) is 14.3. The van der Waals surface area contributed by atoms with Gasteiger partial charge in [-0.3, -0.25) is 0 Å². The summed E-state index contributed by atoms with van der Waals surface area (Å²) in [4.78, 5) is 4.35. The summed E-state index contributed by atoms with van der Waals surface area (Å²) in [7, 11) is -3.74. The summed E-state index contributed by atoms with van der Waals surface area (Å²) in [6.45, 7) is 1.89. The Kier molecular flexibility index (Phi) is 5.06. The van der Waals surface area contributed by atoms with Crippen molar-refractivity contribution in [2.24, 2.45) is 5.14 Å². The van der Waals surface area contributed by atoms with Gasteiger partial charge in [-0.1, -0.05) is 0 Å². The number of anilines is 2. The average Bonchev–Trinajstić information content (AvgIpc) is 3.10. The van der Waals surface area contributed by atoms with E-state index in [1.54, 1.807) is 35.1 Å². The van der Waals surface area contributed by atoms with E-state index in [9.17, 15) is 12.8 Å². The fourth-order valence-corrected chi connectivity index (χ4v) is 3.53. The van der Waals surface area contributed by atoms with Gasteiger partial charge in [0.15, 0.2) is 0 Å². The molecule has 0 saturated carbocycles. The van der Waals surface area contributed by atoms with Crippen LogP contribution >= 0.6 is 0 Å². The van der Waals surface area contributed by atoms with Gasteiger partial charge in [0.1, 0.15) is 11.6 Å². The summed E-state index contributed by atoms with van der Waals surface area (Å²) in [6.07, 6.45) is 1.66. The Morgan fingerprint density at radius 2 is 1.70 bits per heavy atom. The molecule has 30 heavy (non-hydrogen) atoms. The van der Waals surface area contributed by atoms with Crippen LogP contribution in [0.1, 0.15) is 5.69 Å². The zero-order chi connectivity index (χ0) is 21.3. The number of nitrogens with two attached hydrogens (primary N) is 1. The van der Waals surface area contributed by atoms with Crippen LogP contribution in [0.25, 0.3) is 16.9 Å². The summed E-state index contributed by atoms with van der Waals surface area (Å²) in [5, 5.41) is 12.8. The van der Waals surface area contributed by atoms with Crippen LogP contribution in [0.5, 0.6) is 0 Å². The van der Waals surface area contributed by atoms with Gasteiger partial charge in [-0.2, -0.15) is 5.10 Å². The monoisotopic (exact) mass is 423 g/mol. The van der Waals surface area contributed by atoms with E-state index in [1.165, 1.54) is 24.3 Å². The first-order valence-electron chi connectivity index (χ1n) is 8.98. The van der Waals surface area contributed by atoms with Crippen LogP contribution < -0.4 is 10.5 Å². The molecule has 0 aliphatic heterocycles. The summed E-state index contributed by atoms with van der Waals surface area (Å²) in [5.74, 6) is 0.258. The number of rotatable bonds is 5. The molecule has 0 amide bonds. The minimum Gasteiger partial charge on any atom is -0.340 e. The molecule has 152 valence electrons. The molecule has 0 fully saturated rings. The second-order valence-corrected chi connectivity index (χ2v) is 8.24. The number of aryl methyl sites for hydroxylation is 1. The van der Waals surface area contributed by atoms with E-state index in [4.69, 9.17) is 5.14 Å². The molecule has 0 saturated heterocycles. The minimum atomic E-state index is -3.74. The van der Waals surface area contributed by atoms with Crippen molar-refractivity contribution < 1.29 is 12.8 Å². The molecule has 2 heterocycles. The molecule has 4 aromatic rings. The van der Waals surface area contributed by atoms with Crippen LogP contribution in [-0.2, 0) is 10.0 Å². The van der Waals surface area contributed by atoms with Crippen LogP contribution in [0.2, 0.25) is 0 Å². The number of nitrogens with one attached hydrogen (secondary N) is 1. The van der Waals surface area contributed by atoms with Crippen LogP contribution in [0, 0.1) is 12.7 Å². The molecule has 3 N–H and O–H groups in total. The van der Waals surface area contributed by atoms with Crippen molar-refractivity contribution in [3.8, 4) is 16.9 Å². The van der Waals surface area contributed by atoms with Gasteiger partial charge in [-0.25, -0.2) is 27.6 Å². The van der Waals surface area contributed by atoms with E-state index in [-0.39, 0.29) is 10.7 Å². The van der Waals surface area contributed by atoms with E-state index in [0.717, 1.165) is 22.6 Å². The second-order valence-electron chi connectivity index (χ2n) is 6.68. The third-order valence-corrected chi connectivity index (χ3v) is 5.34. The van der Waals surface area contributed by atoms with E-state index < -0.39 is 10.0 Å². The summed E-state index contributed by atoms with van der Waals surface area (Å²) >= 11 is 0. The third-order valence-electron chi connectivity index (χ3n) is 4.41. The standard InChI is InChI=1S/C21H18FN5O2S/c1-14-12-20(27(26-14)18-6-2-16(22)3-7-18)15-10-11-24-21(13-15)25-17-4-8-19(9-5-17)30(23,28)29/h2-13H,1H3,(H,24,25)(H2,23,28,29). The van der Waals surface area contributed by atoms with Crippen molar-refractivity contribution in [1.82, 2.24) is 14.8 Å². The number of primary sulfonamides is 1. The Labute approximate surface area is 173 Å². The number of nitrogens with zero attached hydrogens (tertiary/aromatic N) is 3. The first-order valence-corrected chi connectivity index (χ1v) is 10.5. The maximum Gasteiger partial charge on any atom is 0.238 e. The van der Waals surface area contributed by atoms with E-state index >= 15 is 0 Å². The Bertz CT molecular complexity index is 1300. The van der Waals surface area contributed by atoms with Crippen molar-refractivity contribution >= 4 is 21.5 Å². The molecule has 0 aliphatic carbocycles. The second kappa shape index (κ2) is 7.69. The normalized spacial score (nSPS) is 11.4. The Morgan fingerprint density at radius 3 is 2.37 bits per heavy atom. The Morgan fingerprint density at radius 1 is 1.00 bits per heavy atom. The number of benzene rings is 2. The lowest BCUT2D eigenvalue weighted by molar-refractivity contribution is 0.598.